The monoisotopic (exact) mass is 486 g/mol. The van der Waals surface area contributed by atoms with Crippen LogP contribution in [0.1, 0.15) is 45.9 Å². The summed E-state index contributed by atoms with van der Waals surface area (Å²) in [5, 5.41) is 9.25. The van der Waals surface area contributed by atoms with Gasteiger partial charge in [0.05, 0.1) is 30.7 Å². The second kappa shape index (κ2) is 10.9. The molecule has 11 heteroatoms. The largest absolute Gasteiger partial charge is 0.490 e. The SMILES string of the molecule is COCCNC(=O)C[C@@H]1CC[C@H]2[C@@H](COc3ccc(NC(=O)c4cc(C)on4)cc3C(=O)N2C)O1. The van der Waals surface area contributed by atoms with Crippen molar-refractivity contribution < 1.29 is 33.1 Å². The average Bonchev–Trinajstić information content (AvgIpc) is 3.28. The van der Waals surface area contributed by atoms with Crippen LogP contribution in [0.5, 0.6) is 5.75 Å². The highest BCUT2D eigenvalue weighted by Crippen LogP contribution is 2.32. The van der Waals surface area contributed by atoms with Gasteiger partial charge in [0.25, 0.3) is 11.8 Å². The van der Waals surface area contributed by atoms with Gasteiger partial charge in [0, 0.05) is 32.5 Å². The van der Waals surface area contributed by atoms with Crippen LogP contribution in [0, 0.1) is 6.92 Å². The molecule has 2 aliphatic heterocycles. The number of aryl methyl sites for hydroxylation is 1. The van der Waals surface area contributed by atoms with E-state index < -0.39 is 5.91 Å². The quantitative estimate of drug-likeness (QED) is 0.566. The molecule has 0 radical (unpaired) electrons. The van der Waals surface area contributed by atoms with Crippen LogP contribution in [0.25, 0.3) is 0 Å². The lowest BCUT2D eigenvalue weighted by molar-refractivity contribution is -0.134. The molecule has 4 rings (SSSR count). The zero-order chi connectivity index (χ0) is 24.9. The van der Waals surface area contributed by atoms with Crippen molar-refractivity contribution in [3.05, 3.63) is 41.3 Å². The van der Waals surface area contributed by atoms with E-state index >= 15 is 0 Å². The van der Waals surface area contributed by atoms with Crippen LogP contribution >= 0.6 is 0 Å². The van der Waals surface area contributed by atoms with Crippen LogP contribution in [0.15, 0.2) is 28.8 Å². The van der Waals surface area contributed by atoms with Gasteiger partial charge in [-0.05, 0) is 38.0 Å². The number of ether oxygens (including phenoxy) is 3. The van der Waals surface area contributed by atoms with Crippen molar-refractivity contribution in [2.75, 3.05) is 39.2 Å². The average molecular weight is 487 g/mol. The molecule has 1 saturated heterocycles. The van der Waals surface area contributed by atoms with Crippen molar-refractivity contribution in [2.45, 2.75) is 44.4 Å². The fourth-order valence-corrected chi connectivity index (χ4v) is 4.35. The summed E-state index contributed by atoms with van der Waals surface area (Å²) in [5.41, 5.74) is 0.939. The normalized spacial score (nSPS) is 21.7. The predicted molar refractivity (Wildman–Crippen MR) is 124 cm³/mol. The summed E-state index contributed by atoms with van der Waals surface area (Å²) in [6.07, 6.45) is 0.968. The molecule has 0 unspecified atom stereocenters. The second-order valence-electron chi connectivity index (χ2n) is 8.70. The molecule has 1 fully saturated rings. The minimum Gasteiger partial charge on any atom is -0.490 e. The molecule has 2 aliphatic rings. The van der Waals surface area contributed by atoms with E-state index in [1.165, 1.54) is 6.07 Å². The van der Waals surface area contributed by atoms with Crippen molar-refractivity contribution >= 4 is 23.4 Å². The number of anilines is 1. The lowest BCUT2D eigenvalue weighted by Gasteiger charge is -2.42. The lowest BCUT2D eigenvalue weighted by atomic mass is 9.94. The molecule has 0 bridgehead atoms. The number of carbonyl (C=O) groups is 3. The fraction of sp³-hybridized carbons (Fsp3) is 0.500. The number of hydrogen-bond acceptors (Lipinski definition) is 8. The molecule has 3 heterocycles. The van der Waals surface area contributed by atoms with Gasteiger partial charge in [-0.15, -0.1) is 0 Å². The molecular formula is C24H30N4O7. The number of amides is 3. The Labute approximate surface area is 203 Å². The first-order valence-corrected chi connectivity index (χ1v) is 11.6. The van der Waals surface area contributed by atoms with E-state index in [0.717, 1.165) is 0 Å². The number of benzene rings is 1. The molecule has 188 valence electrons. The van der Waals surface area contributed by atoms with Gasteiger partial charge in [-0.1, -0.05) is 5.16 Å². The highest BCUT2D eigenvalue weighted by molar-refractivity contribution is 6.04. The van der Waals surface area contributed by atoms with E-state index in [-0.39, 0.29) is 48.8 Å². The van der Waals surface area contributed by atoms with Gasteiger partial charge in [0.15, 0.2) is 5.69 Å². The number of carbonyl (C=O) groups excluding carboxylic acids is 3. The van der Waals surface area contributed by atoms with Gasteiger partial charge in [-0.2, -0.15) is 0 Å². The van der Waals surface area contributed by atoms with Crippen molar-refractivity contribution in [2.24, 2.45) is 0 Å². The third kappa shape index (κ3) is 5.80. The molecule has 1 aromatic heterocycles. The summed E-state index contributed by atoms with van der Waals surface area (Å²) >= 11 is 0. The Morgan fingerprint density at radius 3 is 2.83 bits per heavy atom. The Morgan fingerprint density at radius 1 is 1.26 bits per heavy atom. The minimum atomic E-state index is -0.438. The van der Waals surface area contributed by atoms with Crippen molar-refractivity contribution in [3.63, 3.8) is 0 Å². The lowest BCUT2D eigenvalue weighted by Crippen LogP contribution is -2.54. The number of rotatable bonds is 7. The number of aromatic nitrogens is 1. The molecule has 0 spiro atoms. The number of fused-ring (bicyclic) bond motifs is 2. The van der Waals surface area contributed by atoms with Gasteiger partial charge >= 0.3 is 0 Å². The van der Waals surface area contributed by atoms with Crippen LogP contribution in [0.4, 0.5) is 5.69 Å². The topological polar surface area (TPSA) is 132 Å². The minimum absolute atomic E-state index is 0.0950. The Kier molecular flexibility index (Phi) is 7.67. The van der Waals surface area contributed by atoms with Gasteiger partial charge in [0.1, 0.15) is 24.2 Å². The van der Waals surface area contributed by atoms with Gasteiger partial charge < -0.3 is 34.3 Å². The van der Waals surface area contributed by atoms with Crippen LogP contribution < -0.4 is 15.4 Å². The van der Waals surface area contributed by atoms with E-state index in [1.54, 1.807) is 44.2 Å². The fourth-order valence-electron chi connectivity index (χ4n) is 4.35. The molecule has 1 aromatic carbocycles. The van der Waals surface area contributed by atoms with Crippen LogP contribution in [0.3, 0.4) is 0 Å². The van der Waals surface area contributed by atoms with E-state index in [9.17, 15) is 14.4 Å². The Balaban J connectivity index is 1.43. The molecule has 2 N–H and O–H groups in total. The molecule has 3 amide bonds. The Morgan fingerprint density at radius 2 is 2.09 bits per heavy atom. The first-order chi connectivity index (χ1) is 16.9. The summed E-state index contributed by atoms with van der Waals surface area (Å²) in [4.78, 5) is 39.6. The van der Waals surface area contributed by atoms with Crippen LogP contribution in [-0.2, 0) is 14.3 Å². The third-order valence-corrected chi connectivity index (χ3v) is 6.17. The molecule has 3 atom stereocenters. The summed E-state index contributed by atoms with van der Waals surface area (Å²) < 4.78 is 22.0. The first kappa shape index (κ1) is 24.7. The van der Waals surface area contributed by atoms with Crippen LogP contribution in [-0.4, -0.2) is 79.9 Å². The second-order valence-corrected chi connectivity index (χ2v) is 8.70. The zero-order valence-electron chi connectivity index (χ0n) is 20.0. The predicted octanol–water partition coefficient (Wildman–Crippen LogP) is 1.77. The number of likely N-dealkylation sites (N-methyl/N-ethyl adjacent to an activating group) is 1. The van der Waals surface area contributed by atoms with E-state index in [4.69, 9.17) is 18.7 Å². The maximum absolute atomic E-state index is 13.3. The zero-order valence-corrected chi connectivity index (χ0v) is 20.0. The molecule has 11 nitrogen and oxygen atoms in total. The van der Waals surface area contributed by atoms with E-state index in [2.05, 4.69) is 15.8 Å². The van der Waals surface area contributed by atoms with Crippen molar-refractivity contribution in [1.29, 1.82) is 0 Å². The highest BCUT2D eigenvalue weighted by Gasteiger charge is 2.39. The Hall–Kier alpha value is -3.44. The maximum atomic E-state index is 13.3. The number of hydrogen-bond donors (Lipinski definition) is 2. The molecule has 2 aromatic rings. The summed E-state index contributed by atoms with van der Waals surface area (Å²) in [6.45, 7) is 2.84. The van der Waals surface area contributed by atoms with Crippen LogP contribution in [0.2, 0.25) is 0 Å². The summed E-state index contributed by atoms with van der Waals surface area (Å²) in [7, 11) is 3.32. The van der Waals surface area contributed by atoms with E-state index in [1.807, 2.05) is 0 Å². The highest BCUT2D eigenvalue weighted by atomic mass is 16.5. The van der Waals surface area contributed by atoms with Crippen molar-refractivity contribution in [3.8, 4) is 5.75 Å². The van der Waals surface area contributed by atoms with Gasteiger partial charge in [-0.25, -0.2) is 0 Å². The summed E-state index contributed by atoms with van der Waals surface area (Å²) in [6, 6.07) is 6.24. The summed E-state index contributed by atoms with van der Waals surface area (Å²) in [5.74, 6) is 0.160. The third-order valence-electron chi connectivity index (χ3n) is 6.17. The molecular weight excluding hydrogens is 456 g/mol. The number of nitrogens with one attached hydrogen (secondary N) is 2. The maximum Gasteiger partial charge on any atom is 0.277 e. The molecule has 0 saturated carbocycles. The van der Waals surface area contributed by atoms with Gasteiger partial charge in [-0.3, -0.25) is 14.4 Å². The van der Waals surface area contributed by atoms with E-state index in [0.29, 0.717) is 48.8 Å². The Bertz CT molecular complexity index is 1090. The van der Waals surface area contributed by atoms with Gasteiger partial charge in [0.2, 0.25) is 5.91 Å². The number of methoxy groups -OCH3 is 1. The standard InChI is InChI=1S/C24H30N4O7/c1-14-10-18(27-35-14)23(30)26-15-4-7-20-17(11-15)24(31)28(2)19-6-5-16(34-21(19)13-33-20)12-22(29)25-8-9-32-3/h4,7,10-11,16,19,21H,5-6,8-9,12-13H2,1-3H3,(H,25,29)(H,26,30)/t16-,19-,21+/m0/s1. The molecule has 35 heavy (non-hydrogen) atoms. The van der Waals surface area contributed by atoms with Crippen molar-refractivity contribution in [1.82, 2.24) is 15.4 Å². The first-order valence-electron chi connectivity index (χ1n) is 11.6. The molecule has 0 aliphatic carbocycles. The number of nitrogens with zero attached hydrogens (tertiary/aromatic N) is 2. The smallest absolute Gasteiger partial charge is 0.277 e.